The molecule has 4 nitrogen and oxygen atoms in total. The number of aliphatic carboxylic acids is 1. The molecule has 1 aliphatic carbocycles. The summed E-state index contributed by atoms with van der Waals surface area (Å²) in [6, 6.07) is 17.1. The zero-order chi connectivity index (χ0) is 21.0. The fraction of sp³-hybridized carbons (Fsp3) is 0.280. The molecule has 0 radical (unpaired) electrons. The van der Waals surface area contributed by atoms with Crippen LogP contribution in [0.15, 0.2) is 59.8 Å². The van der Waals surface area contributed by atoms with E-state index in [2.05, 4.69) is 47.4 Å². The van der Waals surface area contributed by atoms with E-state index in [0.717, 1.165) is 27.2 Å². The van der Waals surface area contributed by atoms with Gasteiger partial charge in [0.1, 0.15) is 10.4 Å². The molecule has 4 aromatic rings. The molecule has 2 heterocycles. The highest BCUT2D eigenvalue weighted by molar-refractivity contribution is 8.01. The topological polar surface area (TPSA) is 55.1 Å². The lowest BCUT2D eigenvalue weighted by molar-refractivity contribution is -0.138. The van der Waals surface area contributed by atoms with Crippen LogP contribution in [0, 0.1) is 0 Å². The third-order valence-electron chi connectivity index (χ3n) is 6.00. The maximum Gasteiger partial charge on any atom is 0.319 e. The quantitative estimate of drug-likeness (QED) is 0.392. The Morgan fingerprint density at radius 3 is 2.47 bits per heavy atom. The zero-order valence-electron chi connectivity index (χ0n) is 17.3. The van der Waals surface area contributed by atoms with Gasteiger partial charge in [-0.25, -0.2) is 4.98 Å². The van der Waals surface area contributed by atoms with Gasteiger partial charge in [-0.2, -0.15) is 0 Å². The summed E-state index contributed by atoms with van der Waals surface area (Å²) in [7, 11) is 1.97. The molecule has 1 saturated carbocycles. The molecule has 0 atom stereocenters. The van der Waals surface area contributed by atoms with E-state index in [1.165, 1.54) is 40.9 Å². The molecular weight excluding hydrogens is 392 g/mol. The number of benzene rings is 2. The van der Waals surface area contributed by atoms with Crippen LogP contribution in [0.4, 0.5) is 0 Å². The van der Waals surface area contributed by atoms with Gasteiger partial charge in [0.2, 0.25) is 0 Å². The van der Waals surface area contributed by atoms with E-state index in [0.29, 0.717) is 5.92 Å². The Labute approximate surface area is 179 Å². The molecule has 0 bridgehead atoms. The molecule has 0 aliphatic heterocycles. The number of rotatable bonds is 5. The molecule has 2 aromatic carbocycles. The Kier molecular flexibility index (Phi) is 4.40. The predicted octanol–water partition coefficient (Wildman–Crippen LogP) is 6.23. The van der Waals surface area contributed by atoms with Crippen LogP contribution < -0.4 is 0 Å². The van der Waals surface area contributed by atoms with Gasteiger partial charge < -0.3 is 9.67 Å². The second-order valence-electron chi connectivity index (χ2n) is 8.55. The third-order valence-corrected chi connectivity index (χ3v) is 7.36. The van der Waals surface area contributed by atoms with E-state index in [1.54, 1.807) is 20.0 Å². The highest BCUT2D eigenvalue weighted by Gasteiger charge is 2.33. The van der Waals surface area contributed by atoms with E-state index >= 15 is 0 Å². The van der Waals surface area contributed by atoms with Gasteiger partial charge in [-0.15, -0.1) is 0 Å². The van der Waals surface area contributed by atoms with Gasteiger partial charge >= 0.3 is 5.97 Å². The number of aromatic nitrogens is 2. The molecular formula is C25H24N2O2S. The van der Waals surface area contributed by atoms with E-state index in [1.807, 2.05) is 17.7 Å². The van der Waals surface area contributed by atoms with Gasteiger partial charge in [-0.1, -0.05) is 48.2 Å². The first kappa shape index (κ1) is 19.2. The molecule has 5 rings (SSSR count). The Morgan fingerprint density at radius 2 is 1.77 bits per heavy atom. The Balaban J connectivity index is 1.82. The second kappa shape index (κ2) is 6.88. The smallest absolute Gasteiger partial charge is 0.319 e. The average molecular weight is 417 g/mol. The molecule has 152 valence electrons. The van der Waals surface area contributed by atoms with E-state index in [4.69, 9.17) is 0 Å². The monoisotopic (exact) mass is 416 g/mol. The fourth-order valence-electron chi connectivity index (χ4n) is 4.19. The first-order valence-electron chi connectivity index (χ1n) is 10.3. The van der Waals surface area contributed by atoms with Crippen molar-refractivity contribution >= 4 is 39.5 Å². The van der Waals surface area contributed by atoms with Crippen molar-refractivity contribution in [3.63, 3.8) is 0 Å². The lowest BCUT2D eigenvalue weighted by Gasteiger charge is -2.20. The number of thioether (sulfide) groups is 1. The molecule has 1 N–H and O–H groups in total. The number of hydrogen-bond acceptors (Lipinski definition) is 3. The largest absolute Gasteiger partial charge is 0.480 e. The van der Waals surface area contributed by atoms with Crippen LogP contribution in [0.3, 0.4) is 0 Å². The van der Waals surface area contributed by atoms with Crippen LogP contribution >= 0.6 is 11.8 Å². The van der Waals surface area contributed by atoms with Crippen LogP contribution in [0.5, 0.6) is 0 Å². The molecule has 1 aliphatic rings. The van der Waals surface area contributed by atoms with Crippen LogP contribution in [-0.2, 0) is 11.8 Å². The minimum absolute atomic E-state index is 0.665. The molecule has 0 saturated heterocycles. The van der Waals surface area contributed by atoms with Crippen LogP contribution in [-0.4, -0.2) is 25.4 Å². The number of fused-ring (bicyclic) bond motifs is 2. The van der Waals surface area contributed by atoms with Crippen molar-refractivity contribution in [2.45, 2.75) is 42.4 Å². The molecule has 1 fully saturated rings. The van der Waals surface area contributed by atoms with Crippen molar-refractivity contribution in [3.05, 3.63) is 60.3 Å². The highest BCUT2D eigenvalue weighted by Crippen LogP contribution is 2.48. The maximum absolute atomic E-state index is 11.9. The van der Waals surface area contributed by atoms with Gasteiger partial charge in [-0.05, 0) is 66.6 Å². The average Bonchev–Trinajstić information content (AvgIpc) is 3.54. The van der Waals surface area contributed by atoms with Crippen molar-refractivity contribution in [2.75, 3.05) is 0 Å². The van der Waals surface area contributed by atoms with Crippen molar-refractivity contribution in [1.29, 1.82) is 0 Å². The predicted molar refractivity (Wildman–Crippen MR) is 123 cm³/mol. The Bertz CT molecular complexity index is 1300. The second-order valence-corrected chi connectivity index (χ2v) is 10.2. The number of carboxylic acids is 1. The summed E-state index contributed by atoms with van der Waals surface area (Å²) >= 11 is 1.38. The number of hydrogen-bond donors (Lipinski definition) is 1. The summed E-state index contributed by atoms with van der Waals surface area (Å²) in [5, 5.41) is 14.3. The summed E-state index contributed by atoms with van der Waals surface area (Å²) in [5.74, 6) is -0.163. The van der Waals surface area contributed by atoms with E-state index in [-0.39, 0.29) is 0 Å². The van der Waals surface area contributed by atoms with Gasteiger partial charge in [0.05, 0.1) is 5.03 Å². The molecule has 0 spiro atoms. The Hall–Kier alpha value is -2.79. The summed E-state index contributed by atoms with van der Waals surface area (Å²) in [5.41, 5.74) is 4.50. The van der Waals surface area contributed by atoms with E-state index in [9.17, 15) is 9.90 Å². The van der Waals surface area contributed by atoms with Crippen molar-refractivity contribution in [1.82, 2.24) is 9.55 Å². The van der Waals surface area contributed by atoms with Crippen molar-refractivity contribution in [3.8, 4) is 11.1 Å². The SMILES string of the molecule is Cn1c(SC(C)(C)C(=O)O)c(-c2ccc(C3CC3)c3ccccc23)c2cccnc21. The minimum atomic E-state index is -0.958. The summed E-state index contributed by atoms with van der Waals surface area (Å²) in [4.78, 5) is 16.5. The molecule has 2 aromatic heterocycles. The number of nitrogens with zero attached hydrogens (tertiary/aromatic N) is 2. The van der Waals surface area contributed by atoms with Gasteiger partial charge in [-0.3, -0.25) is 4.79 Å². The number of carbonyl (C=O) groups is 1. The standard InChI is InChI=1S/C25H24N2O2S/c1-25(2,24(28)29)30-23-21(20-9-6-14-26-22(20)27(23)3)19-13-12-16(15-10-11-15)17-7-4-5-8-18(17)19/h4-9,12-15H,10-11H2,1-3H3,(H,28,29). The fourth-order valence-corrected chi connectivity index (χ4v) is 5.31. The summed E-state index contributed by atoms with van der Waals surface area (Å²) in [6.07, 6.45) is 4.31. The molecule has 30 heavy (non-hydrogen) atoms. The first-order chi connectivity index (χ1) is 14.4. The zero-order valence-corrected chi connectivity index (χ0v) is 18.2. The van der Waals surface area contributed by atoms with Gasteiger partial charge in [0, 0.05) is 24.2 Å². The summed E-state index contributed by atoms with van der Waals surface area (Å²) < 4.78 is 1.07. The highest BCUT2D eigenvalue weighted by atomic mass is 32.2. The lowest BCUT2D eigenvalue weighted by Crippen LogP contribution is -2.27. The number of carboxylic acid groups (broad SMARTS) is 1. The first-order valence-corrected chi connectivity index (χ1v) is 11.1. The maximum atomic E-state index is 11.9. The van der Waals surface area contributed by atoms with Gasteiger partial charge in [0.15, 0.2) is 0 Å². The molecule has 5 heteroatoms. The lowest BCUT2D eigenvalue weighted by atomic mass is 9.93. The third kappa shape index (κ3) is 3.00. The van der Waals surface area contributed by atoms with Gasteiger partial charge in [0.25, 0.3) is 0 Å². The van der Waals surface area contributed by atoms with Crippen LogP contribution in [0.1, 0.15) is 38.2 Å². The van der Waals surface area contributed by atoms with E-state index < -0.39 is 10.7 Å². The van der Waals surface area contributed by atoms with Crippen LogP contribution in [0.2, 0.25) is 0 Å². The Morgan fingerprint density at radius 1 is 1.07 bits per heavy atom. The summed E-state index contributed by atoms with van der Waals surface area (Å²) in [6.45, 7) is 3.51. The minimum Gasteiger partial charge on any atom is -0.480 e. The number of aryl methyl sites for hydroxylation is 1. The normalized spacial score (nSPS) is 14.5. The van der Waals surface area contributed by atoms with Crippen molar-refractivity contribution in [2.24, 2.45) is 7.05 Å². The molecule has 0 amide bonds. The molecule has 0 unspecified atom stereocenters. The van der Waals surface area contributed by atoms with Crippen molar-refractivity contribution < 1.29 is 9.90 Å². The number of pyridine rings is 1. The van der Waals surface area contributed by atoms with Crippen LogP contribution in [0.25, 0.3) is 32.9 Å².